The molecule has 16 atom stereocenters. The summed E-state index contributed by atoms with van der Waals surface area (Å²) in [5.74, 6) is 6.69. The molecule has 0 aromatic heterocycles. The third-order valence-electron chi connectivity index (χ3n) is 22.7. The van der Waals surface area contributed by atoms with Crippen molar-refractivity contribution in [2.45, 2.75) is 210 Å². The Hall–Kier alpha value is -0.296. The standard InChI is InChI=1S/C29H54O4SSi.C28H52O2Si/c1-20-16-23(18-33-35(10,11)27(4,5)6)29(8,17-21(20)2)26-14-15-28(7)22(3)12-13-25(28)24(26)19-32-34(9,30)31;1-19-15-22(18-30-31(9,10)26(4,5)6)28(8,16-20(19)2)25-13-14-27(7)21(3)11-12-24(27)23(25)17-29/h20-21,23-26H,3,12-19H2,1-2,4-11H3;19-20,22-25,29H,3,11-18H2,1-2,4-10H3/t20-,21+,23+,24-,25?,26?,28+,29-;19-,20+,22+,23-,24?,25?,27+,28-/m00/s1. The van der Waals surface area contributed by atoms with Crippen LogP contribution in [0.1, 0.15) is 174 Å². The van der Waals surface area contributed by atoms with Crippen LogP contribution in [-0.2, 0) is 23.2 Å². The second-order valence-corrected chi connectivity index (χ2v) is 39.7. The third kappa shape index (κ3) is 11.2. The zero-order valence-corrected chi connectivity index (χ0v) is 49.4. The van der Waals surface area contributed by atoms with Gasteiger partial charge in [0.1, 0.15) is 0 Å². The summed E-state index contributed by atoms with van der Waals surface area (Å²) >= 11 is 0. The van der Waals surface area contributed by atoms with E-state index in [0.29, 0.717) is 66.5 Å². The Balaban J connectivity index is 0.000000249. The van der Waals surface area contributed by atoms with E-state index in [4.69, 9.17) is 13.0 Å². The second-order valence-electron chi connectivity index (χ2n) is 28.5. The lowest BCUT2D eigenvalue weighted by Gasteiger charge is -2.58. The first kappa shape index (κ1) is 56.6. The SMILES string of the molecule is C=C1CCC2[C@H](CO)C([C@@]3(C)C[C@@H](C)[C@@H](C)C[C@@H]3CO[Si](C)(C)C(C)(C)C)CC[C@]12C.C=C1CCC2[C@H](COS(C)(=O)=O)C([C@@]3(C)C[C@@H](C)[C@@H](C)C[C@@H]3CO[Si](C)(C)C(C)(C)C)CC[C@]12C. The molecule has 6 fully saturated rings. The van der Waals surface area contributed by atoms with Crippen LogP contribution < -0.4 is 0 Å². The molecule has 0 aromatic rings. The molecule has 0 aliphatic heterocycles. The average Bonchev–Trinajstić information content (AvgIpc) is 3.67. The zero-order valence-electron chi connectivity index (χ0n) is 46.6. The summed E-state index contributed by atoms with van der Waals surface area (Å²) < 4.78 is 43.5. The maximum Gasteiger partial charge on any atom is 0.264 e. The van der Waals surface area contributed by atoms with Gasteiger partial charge in [-0.25, -0.2) is 0 Å². The molecule has 6 rings (SSSR count). The molecule has 0 bridgehead atoms. The molecule has 9 heteroatoms. The van der Waals surface area contributed by atoms with E-state index >= 15 is 0 Å². The van der Waals surface area contributed by atoms with Crippen LogP contribution in [0.3, 0.4) is 0 Å². The molecule has 6 nitrogen and oxygen atoms in total. The van der Waals surface area contributed by atoms with Gasteiger partial charge in [0.05, 0.1) is 12.9 Å². The summed E-state index contributed by atoms with van der Waals surface area (Å²) in [6.45, 7) is 54.5. The van der Waals surface area contributed by atoms with Gasteiger partial charge in [-0.1, -0.05) is 121 Å². The van der Waals surface area contributed by atoms with Crippen LogP contribution in [-0.4, -0.2) is 62.8 Å². The van der Waals surface area contributed by atoms with E-state index in [1.807, 2.05) is 0 Å². The fourth-order valence-electron chi connectivity index (χ4n) is 15.2. The first-order chi connectivity index (χ1) is 30.0. The molecule has 4 unspecified atom stereocenters. The Morgan fingerprint density at radius 1 is 0.606 bits per heavy atom. The summed E-state index contributed by atoms with van der Waals surface area (Å²) in [7, 11) is -7.10. The lowest BCUT2D eigenvalue weighted by molar-refractivity contribution is -0.103. The number of hydrogen-bond donors (Lipinski definition) is 1. The molecule has 66 heavy (non-hydrogen) atoms. The van der Waals surface area contributed by atoms with Crippen molar-refractivity contribution in [3.8, 4) is 0 Å². The first-order valence-corrected chi connectivity index (χ1v) is 34.7. The predicted octanol–water partition coefficient (Wildman–Crippen LogP) is 15.4. The molecule has 6 aliphatic rings. The molecule has 0 spiro atoms. The number of aliphatic hydroxyl groups excluding tert-OH is 1. The van der Waals surface area contributed by atoms with Crippen LogP contribution >= 0.6 is 0 Å². The van der Waals surface area contributed by atoms with Crippen LogP contribution in [0, 0.1) is 92.7 Å². The van der Waals surface area contributed by atoms with E-state index in [0.717, 1.165) is 57.2 Å². The topological polar surface area (TPSA) is 82.1 Å². The minimum absolute atomic E-state index is 0.110. The van der Waals surface area contributed by atoms with Gasteiger partial charge in [-0.3, -0.25) is 4.18 Å². The number of allylic oxidation sites excluding steroid dienone is 2. The molecule has 6 saturated carbocycles. The van der Waals surface area contributed by atoms with E-state index < -0.39 is 26.8 Å². The van der Waals surface area contributed by atoms with Crippen molar-refractivity contribution in [1.29, 1.82) is 0 Å². The molecule has 0 radical (unpaired) electrons. The van der Waals surface area contributed by atoms with Crippen LogP contribution in [0.15, 0.2) is 24.3 Å². The van der Waals surface area contributed by atoms with Gasteiger partial charge in [0.15, 0.2) is 16.6 Å². The maximum absolute atomic E-state index is 12.1. The highest BCUT2D eigenvalue weighted by Gasteiger charge is 2.60. The van der Waals surface area contributed by atoms with Crippen LogP contribution in [0.4, 0.5) is 0 Å². The van der Waals surface area contributed by atoms with E-state index in [-0.39, 0.29) is 37.7 Å². The molecule has 0 saturated heterocycles. The van der Waals surface area contributed by atoms with Crippen LogP contribution in [0.25, 0.3) is 0 Å². The van der Waals surface area contributed by atoms with Crippen molar-refractivity contribution < 1.29 is 26.6 Å². The fraction of sp³-hybridized carbons (Fsp3) is 0.930. The summed E-state index contributed by atoms with van der Waals surface area (Å²) in [5, 5.41) is 11.1. The largest absolute Gasteiger partial charge is 0.417 e. The van der Waals surface area contributed by atoms with Gasteiger partial charge < -0.3 is 14.0 Å². The number of aliphatic hydroxyl groups is 1. The molecular formula is C57H106O6SSi2. The van der Waals surface area contributed by atoms with Crippen molar-refractivity contribution in [2.75, 3.05) is 32.7 Å². The summed E-state index contributed by atoms with van der Waals surface area (Å²) in [4.78, 5) is 0. The zero-order chi connectivity index (χ0) is 50.0. The van der Waals surface area contributed by atoms with Crippen molar-refractivity contribution in [3.63, 3.8) is 0 Å². The molecule has 6 aliphatic carbocycles. The van der Waals surface area contributed by atoms with Gasteiger partial charge >= 0.3 is 0 Å². The van der Waals surface area contributed by atoms with Gasteiger partial charge in [-0.2, -0.15) is 8.42 Å². The van der Waals surface area contributed by atoms with Gasteiger partial charge in [0.2, 0.25) is 0 Å². The Kier molecular flexibility index (Phi) is 17.1. The molecule has 1 N–H and O–H groups in total. The Labute approximate surface area is 411 Å². The minimum Gasteiger partial charge on any atom is -0.417 e. The first-order valence-electron chi connectivity index (χ1n) is 27.1. The van der Waals surface area contributed by atoms with Gasteiger partial charge in [0.25, 0.3) is 10.1 Å². The predicted molar refractivity (Wildman–Crippen MR) is 285 cm³/mol. The summed E-state index contributed by atoms with van der Waals surface area (Å²) in [5.41, 5.74) is 3.54. The Morgan fingerprint density at radius 2 is 0.970 bits per heavy atom. The lowest BCUT2D eigenvalue weighted by atomic mass is 9.48. The number of fused-ring (bicyclic) bond motifs is 2. The van der Waals surface area contributed by atoms with Gasteiger partial charge in [-0.05, 0) is 206 Å². The van der Waals surface area contributed by atoms with E-state index in [2.05, 4.69) is 136 Å². The van der Waals surface area contributed by atoms with E-state index in [9.17, 15) is 13.5 Å². The van der Waals surface area contributed by atoms with Crippen molar-refractivity contribution in [1.82, 2.24) is 0 Å². The molecule has 0 amide bonds. The molecule has 0 aromatic carbocycles. The number of hydrogen-bond acceptors (Lipinski definition) is 6. The normalized spacial score (nSPS) is 42.7. The monoisotopic (exact) mass is 975 g/mol. The van der Waals surface area contributed by atoms with Crippen molar-refractivity contribution in [2.24, 2.45) is 92.7 Å². The maximum atomic E-state index is 12.1. The highest BCUT2D eigenvalue weighted by Crippen LogP contribution is 2.66. The lowest BCUT2D eigenvalue weighted by Crippen LogP contribution is -2.54. The molecular weight excluding hydrogens is 869 g/mol. The Morgan fingerprint density at radius 3 is 1.32 bits per heavy atom. The van der Waals surface area contributed by atoms with Gasteiger partial charge in [0, 0.05) is 19.8 Å². The van der Waals surface area contributed by atoms with Crippen molar-refractivity contribution >= 4 is 26.8 Å². The van der Waals surface area contributed by atoms with Crippen LogP contribution in [0.2, 0.25) is 36.3 Å². The van der Waals surface area contributed by atoms with E-state index in [1.54, 1.807) is 0 Å². The number of rotatable bonds is 12. The molecule has 0 heterocycles. The van der Waals surface area contributed by atoms with E-state index in [1.165, 1.54) is 62.3 Å². The molecule has 384 valence electrons. The van der Waals surface area contributed by atoms with Crippen molar-refractivity contribution in [3.05, 3.63) is 24.3 Å². The average molecular weight is 976 g/mol. The fourth-order valence-corrected chi connectivity index (χ4v) is 17.7. The minimum atomic E-state index is -3.48. The smallest absolute Gasteiger partial charge is 0.264 e. The highest BCUT2D eigenvalue weighted by atomic mass is 32.2. The second kappa shape index (κ2) is 20.0. The third-order valence-corrected chi connectivity index (χ3v) is 32.3. The summed E-state index contributed by atoms with van der Waals surface area (Å²) in [6.07, 6.45) is 15.5. The Bertz CT molecular complexity index is 1810. The highest BCUT2D eigenvalue weighted by molar-refractivity contribution is 7.85. The van der Waals surface area contributed by atoms with Gasteiger partial charge in [-0.15, -0.1) is 0 Å². The quantitative estimate of drug-likeness (QED) is 0.119. The summed E-state index contributed by atoms with van der Waals surface area (Å²) in [6, 6.07) is 0. The van der Waals surface area contributed by atoms with Crippen LogP contribution in [0.5, 0.6) is 0 Å².